The standard InChI is InChI=1S/C14H10N2O4/c1-19-12-6-9(14(17)18)2-3-11(12)20-13-8-16-5-4-10(13)7-15/h2-6,8H,1H3,(H,17,18). The van der Waals surface area contributed by atoms with Crippen LogP contribution in [0.25, 0.3) is 0 Å². The van der Waals surface area contributed by atoms with Gasteiger partial charge >= 0.3 is 5.97 Å². The maximum atomic E-state index is 10.9. The first-order chi connectivity index (χ1) is 9.65. The van der Waals surface area contributed by atoms with Crippen molar-refractivity contribution in [2.45, 2.75) is 0 Å². The summed E-state index contributed by atoms with van der Waals surface area (Å²) in [5.74, 6) is -0.218. The second-order valence-corrected chi connectivity index (χ2v) is 3.76. The van der Waals surface area contributed by atoms with Gasteiger partial charge in [0.25, 0.3) is 0 Å². The SMILES string of the molecule is COc1cc(C(=O)O)ccc1Oc1cnccc1C#N. The van der Waals surface area contributed by atoms with Crippen molar-refractivity contribution in [3.05, 3.63) is 47.8 Å². The summed E-state index contributed by atoms with van der Waals surface area (Å²) in [6, 6.07) is 7.71. The Bertz CT molecular complexity index is 692. The van der Waals surface area contributed by atoms with Crippen molar-refractivity contribution in [1.82, 2.24) is 4.98 Å². The Morgan fingerprint density at radius 1 is 1.30 bits per heavy atom. The molecule has 6 heteroatoms. The van der Waals surface area contributed by atoms with Gasteiger partial charge in [0.2, 0.25) is 0 Å². The van der Waals surface area contributed by atoms with Crippen LogP contribution in [0.3, 0.4) is 0 Å². The first-order valence-corrected chi connectivity index (χ1v) is 5.59. The molecule has 0 atom stereocenters. The van der Waals surface area contributed by atoms with Gasteiger partial charge in [-0.05, 0) is 24.3 Å². The molecule has 0 aliphatic carbocycles. The molecule has 0 radical (unpaired) electrons. The summed E-state index contributed by atoms with van der Waals surface area (Å²) >= 11 is 0. The van der Waals surface area contributed by atoms with E-state index in [9.17, 15) is 4.79 Å². The molecule has 0 amide bonds. The van der Waals surface area contributed by atoms with E-state index in [1.807, 2.05) is 6.07 Å². The first-order valence-electron chi connectivity index (χ1n) is 5.59. The van der Waals surface area contributed by atoms with Crippen LogP contribution in [0.15, 0.2) is 36.7 Å². The van der Waals surface area contributed by atoms with Crippen LogP contribution in [0.2, 0.25) is 0 Å². The van der Waals surface area contributed by atoms with Gasteiger partial charge < -0.3 is 14.6 Å². The second kappa shape index (κ2) is 5.71. The molecule has 0 spiro atoms. The molecular weight excluding hydrogens is 260 g/mol. The molecule has 1 aromatic heterocycles. The molecule has 0 saturated heterocycles. The highest BCUT2D eigenvalue weighted by Gasteiger charge is 2.12. The lowest BCUT2D eigenvalue weighted by Gasteiger charge is -2.11. The monoisotopic (exact) mass is 270 g/mol. The van der Waals surface area contributed by atoms with Gasteiger partial charge in [0.1, 0.15) is 6.07 Å². The number of methoxy groups -OCH3 is 1. The Kier molecular flexibility index (Phi) is 3.82. The highest BCUT2D eigenvalue weighted by atomic mass is 16.5. The van der Waals surface area contributed by atoms with Gasteiger partial charge in [-0.2, -0.15) is 5.26 Å². The van der Waals surface area contributed by atoms with Crippen LogP contribution in [0.1, 0.15) is 15.9 Å². The maximum Gasteiger partial charge on any atom is 0.335 e. The normalized spacial score (nSPS) is 9.60. The van der Waals surface area contributed by atoms with Crippen LogP contribution >= 0.6 is 0 Å². The molecule has 6 nitrogen and oxygen atoms in total. The number of pyridine rings is 1. The van der Waals surface area contributed by atoms with Crippen LogP contribution < -0.4 is 9.47 Å². The van der Waals surface area contributed by atoms with Gasteiger partial charge in [-0.15, -0.1) is 0 Å². The number of carbonyl (C=O) groups is 1. The van der Waals surface area contributed by atoms with E-state index >= 15 is 0 Å². The number of hydrogen-bond donors (Lipinski definition) is 1. The van der Waals surface area contributed by atoms with E-state index in [1.54, 1.807) is 0 Å². The van der Waals surface area contributed by atoms with Gasteiger partial charge in [-0.3, -0.25) is 4.98 Å². The van der Waals surface area contributed by atoms with Gasteiger partial charge in [-0.25, -0.2) is 4.79 Å². The fraction of sp³-hybridized carbons (Fsp3) is 0.0714. The zero-order valence-electron chi connectivity index (χ0n) is 10.5. The minimum absolute atomic E-state index is 0.0842. The van der Waals surface area contributed by atoms with E-state index in [-0.39, 0.29) is 17.1 Å². The third-order valence-corrected chi connectivity index (χ3v) is 2.54. The van der Waals surface area contributed by atoms with Crippen molar-refractivity contribution in [1.29, 1.82) is 5.26 Å². The van der Waals surface area contributed by atoms with Crippen molar-refractivity contribution in [2.24, 2.45) is 0 Å². The largest absolute Gasteiger partial charge is 0.493 e. The molecule has 0 aliphatic heterocycles. The third kappa shape index (κ3) is 2.67. The number of carboxylic acids is 1. The molecular formula is C14H10N2O4. The summed E-state index contributed by atoms with van der Waals surface area (Å²) in [7, 11) is 1.41. The molecule has 2 rings (SSSR count). The van der Waals surface area contributed by atoms with Crippen LogP contribution in [0.4, 0.5) is 0 Å². The molecule has 1 aromatic carbocycles. The predicted molar refractivity (Wildman–Crippen MR) is 69.0 cm³/mol. The molecule has 0 fully saturated rings. The lowest BCUT2D eigenvalue weighted by molar-refractivity contribution is 0.0696. The van der Waals surface area contributed by atoms with Crippen molar-refractivity contribution in [3.8, 4) is 23.3 Å². The van der Waals surface area contributed by atoms with E-state index in [0.29, 0.717) is 11.3 Å². The Hall–Kier alpha value is -3.07. The smallest absolute Gasteiger partial charge is 0.335 e. The molecule has 0 unspecified atom stereocenters. The number of benzene rings is 1. The Labute approximate surface area is 114 Å². The van der Waals surface area contributed by atoms with Crippen LogP contribution in [0.5, 0.6) is 17.2 Å². The number of aromatic nitrogens is 1. The lowest BCUT2D eigenvalue weighted by Crippen LogP contribution is -1.99. The summed E-state index contributed by atoms with van der Waals surface area (Å²) in [5.41, 5.74) is 0.408. The molecule has 20 heavy (non-hydrogen) atoms. The van der Waals surface area contributed by atoms with E-state index < -0.39 is 5.97 Å². The van der Waals surface area contributed by atoms with Crippen molar-refractivity contribution >= 4 is 5.97 Å². The summed E-state index contributed by atoms with van der Waals surface area (Å²) in [6.45, 7) is 0. The number of carboxylic acid groups (broad SMARTS) is 1. The predicted octanol–water partition coefficient (Wildman–Crippen LogP) is 2.45. The Balaban J connectivity index is 2.39. The number of nitriles is 1. The second-order valence-electron chi connectivity index (χ2n) is 3.76. The third-order valence-electron chi connectivity index (χ3n) is 2.54. The van der Waals surface area contributed by atoms with Gasteiger partial charge in [-0.1, -0.05) is 0 Å². The first kappa shape index (κ1) is 13.4. The maximum absolute atomic E-state index is 10.9. The number of rotatable bonds is 4. The molecule has 1 heterocycles. The molecule has 0 bridgehead atoms. The minimum Gasteiger partial charge on any atom is -0.493 e. The summed E-state index contributed by atoms with van der Waals surface area (Å²) in [5, 5.41) is 17.9. The molecule has 0 aliphatic rings. The van der Waals surface area contributed by atoms with Crippen molar-refractivity contribution in [3.63, 3.8) is 0 Å². The highest BCUT2D eigenvalue weighted by Crippen LogP contribution is 2.33. The Morgan fingerprint density at radius 3 is 2.75 bits per heavy atom. The van der Waals surface area contributed by atoms with E-state index in [1.165, 1.54) is 43.8 Å². The highest BCUT2D eigenvalue weighted by molar-refractivity contribution is 5.88. The van der Waals surface area contributed by atoms with Gasteiger partial charge in [0.15, 0.2) is 17.2 Å². The van der Waals surface area contributed by atoms with E-state index in [4.69, 9.17) is 19.8 Å². The average Bonchev–Trinajstić information content (AvgIpc) is 2.48. The fourth-order valence-corrected chi connectivity index (χ4v) is 1.56. The number of nitrogens with zero attached hydrogens (tertiary/aromatic N) is 2. The molecule has 0 saturated carbocycles. The zero-order chi connectivity index (χ0) is 14.5. The minimum atomic E-state index is -1.06. The van der Waals surface area contributed by atoms with Gasteiger partial charge in [0, 0.05) is 6.20 Å². The number of hydrogen-bond acceptors (Lipinski definition) is 5. The van der Waals surface area contributed by atoms with Crippen LogP contribution in [-0.4, -0.2) is 23.2 Å². The van der Waals surface area contributed by atoms with Gasteiger partial charge in [0.05, 0.1) is 24.4 Å². The Morgan fingerprint density at radius 2 is 2.10 bits per heavy atom. The zero-order valence-corrected chi connectivity index (χ0v) is 10.5. The van der Waals surface area contributed by atoms with Crippen molar-refractivity contribution in [2.75, 3.05) is 7.11 Å². The quantitative estimate of drug-likeness (QED) is 0.917. The fourth-order valence-electron chi connectivity index (χ4n) is 1.56. The number of aromatic carboxylic acids is 1. The number of ether oxygens (including phenoxy) is 2. The summed E-state index contributed by atoms with van der Waals surface area (Å²) in [6.07, 6.45) is 2.89. The summed E-state index contributed by atoms with van der Waals surface area (Å²) in [4.78, 5) is 14.8. The average molecular weight is 270 g/mol. The molecule has 2 aromatic rings. The molecule has 1 N–H and O–H groups in total. The van der Waals surface area contributed by atoms with Crippen molar-refractivity contribution < 1.29 is 19.4 Å². The van der Waals surface area contributed by atoms with Crippen LogP contribution in [-0.2, 0) is 0 Å². The van der Waals surface area contributed by atoms with E-state index in [0.717, 1.165) is 0 Å². The molecule has 100 valence electrons. The lowest BCUT2D eigenvalue weighted by atomic mass is 10.2. The summed E-state index contributed by atoms with van der Waals surface area (Å²) < 4.78 is 10.6. The topological polar surface area (TPSA) is 92.4 Å². The van der Waals surface area contributed by atoms with E-state index in [2.05, 4.69) is 4.98 Å². The van der Waals surface area contributed by atoms with Crippen LogP contribution in [0, 0.1) is 11.3 Å².